The second-order valence-corrected chi connectivity index (χ2v) is 10.4. The SMILES string of the molecule is Cc1cccc(-c2sc(C)nc2C(=O)N2C[C@H]3C[C@H]3[C@H]2CNC(=O)c2ccc(F)cc2Cl)c1. The number of amides is 2. The molecule has 170 valence electrons. The number of piperidine rings is 1. The highest BCUT2D eigenvalue weighted by Crippen LogP contribution is 2.50. The average Bonchev–Trinajstić information content (AvgIpc) is 3.28. The average molecular weight is 484 g/mol. The minimum atomic E-state index is -0.493. The van der Waals surface area contributed by atoms with Crippen LogP contribution in [0.1, 0.15) is 37.8 Å². The molecule has 1 saturated carbocycles. The summed E-state index contributed by atoms with van der Waals surface area (Å²) in [4.78, 5) is 33.6. The van der Waals surface area contributed by atoms with Gasteiger partial charge >= 0.3 is 0 Å². The van der Waals surface area contributed by atoms with Crippen LogP contribution < -0.4 is 5.32 Å². The van der Waals surface area contributed by atoms with Crippen LogP contribution >= 0.6 is 22.9 Å². The van der Waals surface area contributed by atoms with Gasteiger partial charge in [0.25, 0.3) is 11.8 Å². The van der Waals surface area contributed by atoms with Crippen LogP contribution in [0.3, 0.4) is 0 Å². The van der Waals surface area contributed by atoms with E-state index in [0.29, 0.717) is 30.6 Å². The Morgan fingerprint density at radius 2 is 2.06 bits per heavy atom. The highest BCUT2D eigenvalue weighted by atomic mass is 35.5. The lowest BCUT2D eigenvalue weighted by molar-refractivity contribution is 0.0690. The smallest absolute Gasteiger partial charge is 0.274 e. The molecule has 0 radical (unpaired) electrons. The zero-order valence-electron chi connectivity index (χ0n) is 18.3. The minimum Gasteiger partial charge on any atom is -0.350 e. The van der Waals surface area contributed by atoms with E-state index >= 15 is 0 Å². The van der Waals surface area contributed by atoms with Gasteiger partial charge in [0.15, 0.2) is 0 Å². The first-order valence-corrected chi connectivity index (χ1v) is 12.1. The third-order valence-corrected chi connectivity index (χ3v) is 7.76. The molecule has 33 heavy (non-hydrogen) atoms. The van der Waals surface area contributed by atoms with Crippen molar-refractivity contribution in [3.8, 4) is 10.4 Å². The van der Waals surface area contributed by atoms with Gasteiger partial charge in [0.05, 0.1) is 26.5 Å². The summed E-state index contributed by atoms with van der Waals surface area (Å²) >= 11 is 7.55. The Balaban J connectivity index is 1.35. The van der Waals surface area contributed by atoms with Crippen molar-refractivity contribution in [3.63, 3.8) is 0 Å². The molecule has 2 fully saturated rings. The molecule has 1 aromatic heterocycles. The topological polar surface area (TPSA) is 62.3 Å². The summed E-state index contributed by atoms with van der Waals surface area (Å²) in [5, 5.41) is 3.81. The second kappa shape index (κ2) is 8.54. The predicted octanol–water partition coefficient (Wildman–Crippen LogP) is 5.11. The number of aromatic nitrogens is 1. The van der Waals surface area contributed by atoms with Crippen LogP contribution in [0.5, 0.6) is 0 Å². The molecule has 5 nitrogen and oxygen atoms in total. The lowest BCUT2D eigenvalue weighted by atomic mass is 10.1. The molecule has 8 heteroatoms. The van der Waals surface area contributed by atoms with Crippen LogP contribution in [0.2, 0.25) is 5.02 Å². The van der Waals surface area contributed by atoms with Gasteiger partial charge in [-0.1, -0.05) is 41.4 Å². The number of hydrogen-bond donors (Lipinski definition) is 1. The number of hydrogen-bond acceptors (Lipinski definition) is 4. The summed E-state index contributed by atoms with van der Waals surface area (Å²) in [7, 11) is 0. The van der Waals surface area contributed by atoms with Gasteiger partial charge in [-0.3, -0.25) is 9.59 Å². The van der Waals surface area contributed by atoms with Crippen LogP contribution in [0.4, 0.5) is 4.39 Å². The zero-order chi connectivity index (χ0) is 23.3. The van der Waals surface area contributed by atoms with Crippen LogP contribution in [0.25, 0.3) is 10.4 Å². The Labute approximate surface area is 200 Å². The monoisotopic (exact) mass is 483 g/mol. The van der Waals surface area contributed by atoms with Gasteiger partial charge in [-0.15, -0.1) is 11.3 Å². The molecule has 1 aliphatic carbocycles. The minimum absolute atomic E-state index is 0.0666. The molecule has 0 spiro atoms. The first-order valence-electron chi connectivity index (χ1n) is 10.9. The molecule has 1 N–H and O–H groups in total. The zero-order valence-corrected chi connectivity index (χ0v) is 19.8. The number of rotatable bonds is 5. The largest absolute Gasteiger partial charge is 0.350 e. The lowest BCUT2D eigenvalue weighted by Gasteiger charge is -2.27. The molecule has 5 rings (SSSR count). The van der Waals surface area contributed by atoms with E-state index in [2.05, 4.69) is 16.4 Å². The summed E-state index contributed by atoms with van der Waals surface area (Å²) in [6.07, 6.45) is 1.06. The summed E-state index contributed by atoms with van der Waals surface area (Å²) in [5.41, 5.74) is 2.81. The van der Waals surface area contributed by atoms with Crippen molar-refractivity contribution in [1.29, 1.82) is 0 Å². The summed E-state index contributed by atoms with van der Waals surface area (Å²) < 4.78 is 13.3. The molecule has 2 aromatic carbocycles. The lowest BCUT2D eigenvalue weighted by Crippen LogP contribution is -2.45. The number of nitrogens with zero attached hydrogens (tertiary/aromatic N) is 2. The molecule has 3 aromatic rings. The number of nitrogens with one attached hydrogen (secondary N) is 1. The molecule has 2 aliphatic rings. The number of carbonyl (C=O) groups is 2. The van der Waals surface area contributed by atoms with E-state index in [1.165, 1.54) is 23.5 Å². The van der Waals surface area contributed by atoms with Crippen LogP contribution in [0.15, 0.2) is 42.5 Å². The van der Waals surface area contributed by atoms with Crippen molar-refractivity contribution in [3.05, 3.63) is 75.1 Å². The number of thiazole rings is 1. The van der Waals surface area contributed by atoms with Crippen molar-refractivity contribution in [2.75, 3.05) is 13.1 Å². The first-order chi connectivity index (χ1) is 15.8. The molecule has 3 atom stereocenters. The van der Waals surface area contributed by atoms with Crippen LogP contribution in [0, 0.1) is 31.5 Å². The van der Waals surface area contributed by atoms with E-state index in [1.807, 2.05) is 36.9 Å². The maximum atomic E-state index is 13.6. The highest BCUT2D eigenvalue weighted by molar-refractivity contribution is 7.15. The molecule has 0 unspecified atom stereocenters. The van der Waals surface area contributed by atoms with E-state index in [1.54, 1.807) is 0 Å². The number of benzene rings is 2. The Bertz CT molecular complexity index is 1260. The van der Waals surface area contributed by atoms with Crippen molar-refractivity contribution < 1.29 is 14.0 Å². The van der Waals surface area contributed by atoms with E-state index in [9.17, 15) is 14.0 Å². The molecule has 1 saturated heterocycles. The number of fused-ring (bicyclic) bond motifs is 1. The maximum Gasteiger partial charge on any atom is 0.274 e. The quantitative estimate of drug-likeness (QED) is 0.548. The number of carbonyl (C=O) groups excluding carboxylic acids is 2. The summed E-state index contributed by atoms with van der Waals surface area (Å²) in [6.45, 7) is 4.93. The van der Waals surface area contributed by atoms with Gasteiger partial charge in [0.1, 0.15) is 11.5 Å². The maximum absolute atomic E-state index is 13.6. The Morgan fingerprint density at radius 1 is 1.24 bits per heavy atom. The van der Waals surface area contributed by atoms with Gasteiger partial charge < -0.3 is 10.2 Å². The standard InChI is InChI=1S/C25H23ClFN3O2S/c1-13-4-3-5-15(8-13)23-22(29-14(2)33-23)25(32)30-12-16-9-19(16)21(30)11-28-24(31)18-7-6-17(27)10-20(18)26/h3-8,10,16,19,21H,9,11-12H2,1-2H3,(H,28,31)/t16-,19-,21-/m1/s1. The third kappa shape index (κ3) is 4.27. The third-order valence-electron chi connectivity index (χ3n) is 6.43. The van der Waals surface area contributed by atoms with Gasteiger partial charge in [0.2, 0.25) is 0 Å². The van der Waals surface area contributed by atoms with Crippen LogP contribution in [-0.2, 0) is 0 Å². The van der Waals surface area contributed by atoms with Crippen LogP contribution in [-0.4, -0.2) is 40.8 Å². The molecular weight excluding hydrogens is 461 g/mol. The Morgan fingerprint density at radius 3 is 2.82 bits per heavy atom. The highest BCUT2D eigenvalue weighted by Gasteiger charge is 2.54. The number of aryl methyl sites for hydroxylation is 2. The van der Waals surface area contributed by atoms with E-state index in [4.69, 9.17) is 11.6 Å². The normalized spacial score (nSPS) is 21.1. The van der Waals surface area contributed by atoms with Gasteiger partial charge in [0, 0.05) is 13.1 Å². The summed E-state index contributed by atoms with van der Waals surface area (Å²) in [6, 6.07) is 11.7. The fourth-order valence-electron chi connectivity index (χ4n) is 4.72. The Hall–Kier alpha value is -2.77. The number of likely N-dealkylation sites (tertiary alicyclic amines) is 1. The van der Waals surface area contributed by atoms with Gasteiger partial charge in [-0.05, 0) is 55.9 Å². The fraction of sp³-hybridized carbons (Fsp3) is 0.320. The first kappa shape index (κ1) is 22.0. The second-order valence-electron chi connectivity index (χ2n) is 8.80. The molecule has 2 amide bonds. The molecule has 1 aliphatic heterocycles. The molecule has 2 heterocycles. The molecular formula is C25H23ClFN3O2S. The van der Waals surface area contributed by atoms with Crippen molar-refractivity contribution in [2.24, 2.45) is 11.8 Å². The van der Waals surface area contributed by atoms with Gasteiger partial charge in [-0.25, -0.2) is 9.37 Å². The molecule has 0 bridgehead atoms. The predicted molar refractivity (Wildman–Crippen MR) is 127 cm³/mol. The Kier molecular flexibility index (Phi) is 5.70. The fourth-order valence-corrected chi connectivity index (χ4v) is 5.88. The van der Waals surface area contributed by atoms with E-state index < -0.39 is 5.82 Å². The van der Waals surface area contributed by atoms with E-state index in [0.717, 1.165) is 33.5 Å². The van der Waals surface area contributed by atoms with Crippen molar-refractivity contribution >= 4 is 34.8 Å². The van der Waals surface area contributed by atoms with Gasteiger partial charge in [-0.2, -0.15) is 0 Å². The van der Waals surface area contributed by atoms with Crippen molar-refractivity contribution in [2.45, 2.75) is 26.3 Å². The van der Waals surface area contributed by atoms with E-state index in [-0.39, 0.29) is 28.4 Å². The number of halogens is 2. The van der Waals surface area contributed by atoms with Crippen molar-refractivity contribution in [1.82, 2.24) is 15.2 Å². The summed E-state index contributed by atoms with van der Waals surface area (Å²) in [5.74, 6) is -0.121.